The van der Waals surface area contributed by atoms with Gasteiger partial charge in [-0.3, -0.25) is 0 Å². The van der Waals surface area contributed by atoms with Gasteiger partial charge in [-0.2, -0.15) is 0 Å². The third-order valence-electron chi connectivity index (χ3n) is 2.62. The fourth-order valence-corrected chi connectivity index (χ4v) is 2.04. The van der Waals surface area contributed by atoms with Crippen molar-refractivity contribution in [3.05, 3.63) is 47.0 Å². The smallest absolute Gasteiger partial charge is 0.161 e. The molecule has 17 heavy (non-hydrogen) atoms. The first kappa shape index (κ1) is 11.8. The quantitative estimate of drug-likeness (QED) is 0.870. The van der Waals surface area contributed by atoms with Gasteiger partial charge < -0.3 is 9.84 Å². The van der Waals surface area contributed by atoms with Gasteiger partial charge in [0.1, 0.15) is 0 Å². The SMILES string of the molecule is COc1cc(-c2ccc(C)cc2Cl)ccc1O. The zero-order chi connectivity index (χ0) is 12.4. The molecule has 0 spiro atoms. The molecule has 0 amide bonds. The molecule has 2 aromatic rings. The molecule has 0 aliphatic heterocycles. The summed E-state index contributed by atoms with van der Waals surface area (Å²) in [5.74, 6) is 0.568. The summed E-state index contributed by atoms with van der Waals surface area (Å²) in [6.45, 7) is 1.99. The molecule has 0 aliphatic rings. The van der Waals surface area contributed by atoms with Crippen LogP contribution in [0.1, 0.15) is 5.56 Å². The lowest BCUT2D eigenvalue weighted by molar-refractivity contribution is 0.373. The molecule has 2 rings (SSSR count). The number of methoxy groups -OCH3 is 1. The molecule has 3 heteroatoms. The summed E-state index contributed by atoms with van der Waals surface area (Å²) in [4.78, 5) is 0. The van der Waals surface area contributed by atoms with E-state index >= 15 is 0 Å². The van der Waals surface area contributed by atoms with E-state index in [4.69, 9.17) is 16.3 Å². The Kier molecular flexibility index (Phi) is 3.25. The van der Waals surface area contributed by atoms with Crippen molar-refractivity contribution >= 4 is 11.6 Å². The third kappa shape index (κ3) is 2.37. The minimum Gasteiger partial charge on any atom is -0.504 e. The van der Waals surface area contributed by atoms with Gasteiger partial charge in [-0.25, -0.2) is 0 Å². The molecule has 88 valence electrons. The normalized spacial score (nSPS) is 10.3. The van der Waals surface area contributed by atoms with E-state index in [-0.39, 0.29) is 5.75 Å². The van der Waals surface area contributed by atoms with Crippen LogP contribution in [0.5, 0.6) is 11.5 Å². The van der Waals surface area contributed by atoms with Gasteiger partial charge in [-0.15, -0.1) is 0 Å². The number of benzene rings is 2. The highest BCUT2D eigenvalue weighted by atomic mass is 35.5. The van der Waals surface area contributed by atoms with Crippen molar-refractivity contribution in [2.24, 2.45) is 0 Å². The molecule has 0 fully saturated rings. The molecule has 0 atom stereocenters. The molecular weight excluding hydrogens is 236 g/mol. The number of hydrogen-bond donors (Lipinski definition) is 1. The predicted molar refractivity (Wildman–Crippen MR) is 69.8 cm³/mol. The number of halogens is 1. The van der Waals surface area contributed by atoms with Crippen LogP contribution >= 0.6 is 11.6 Å². The minimum absolute atomic E-state index is 0.125. The molecule has 0 unspecified atom stereocenters. The predicted octanol–water partition coefficient (Wildman–Crippen LogP) is 4.03. The van der Waals surface area contributed by atoms with Crippen LogP contribution in [0.25, 0.3) is 11.1 Å². The van der Waals surface area contributed by atoms with Gasteiger partial charge >= 0.3 is 0 Å². The monoisotopic (exact) mass is 248 g/mol. The van der Waals surface area contributed by atoms with Gasteiger partial charge in [0.2, 0.25) is 0 Å². The Morgan fingerprint density at radius 1 is 1.12 bits per heavy atom. The maximum atomic E-state index is 9.54. The summed E-state index contributed by atoms with van der Waals surface area (Å²) in [5, 5.41) is 10.2. The second kappa shape index (κ2) is 4.68. The molecule has 2 nitrogen and oxygen atoms in total. The number of ether oxygens (including phenoxy) is 1. The van der Waals surface area contributed by atoms with E-state index < -0.39 is 0 Å². The van der Waals surface area contributed by atoms with E-state index in [0.717, 1.165) is 16.7 Å². The van der Waals surface area contributed by atoms with Gasteiger partial charge in [0.25, 0.3) is 0 Å². The maximum Gasteiger partial charge on any atom is 0.161 e. The second-order valence-corrected chi connectivity index (χ2v) is 4.28. The van der Waals surface area contributed by atoms with Crippen molar-refractivity contribution in [2.45, 2.75) is 6.92 Å². The number of rotatable bonds is 2. The first-order valence-electron chi connectivity index (χ1n) is 5.25. The molecule has 0 aromatic heterocycles. The molecule has 0 heterocycles. The largest absolute Gasteiger partial charge is 0.504 e. The Morgan fingerprint density at radius 3 is 2.53 bits per heavy atom. The molecule has 0 radical (unpaired) electrons. The standard InChI is InChI=1S/C14H13ClO2/c1-9-3-5-11(12(15)7-9)10-4-6-13(16)14(8-10)17-2/h3-8,16H,1-2H3. The van der Waals surface area contributed by atoms with Crippen LogP contribution in [0.3, 0.4) is 0 Å². The summed E-state index contributed by atoms with van der Waals surface area (Å²) in [5.41, 5.74) is 2.96. The van der Waals surface area contributed by atoms with Crippen molar-refractivity contribution < 1.29 is 9.84 Å². The van der Waals surface area contributed by atoms with E-state index in [1.54, 1.807) is 12.1 Å². The van der Waals surface area contributed by atoms with Crippen LogP contribution in [0.15, 0.2) is 36.4 Å². The van der Waals surface area contributed by atoms with Crippen molar-refractivity contribution in [1.82, 2.24) is 0 Å². The van der Waals surface area contributed by atoms with Gasteiger partial charge in [0.15, 0.2) is 11.5 Å². The zero-order valence-corrected chi connectivity index (χ0v) is 10.5. The first-order valence-corrected chi connectivity index (χ1v) is 5.63. The van der Waals surface area contributed by atoms with Crippen LogP contribution in [-0.4, -0.2) is 12.2 Å². The Hall–Kier alpha value is -1.67. The Morgan fingerprint density at radius 2 is 1.88 bits per heavy atom. The lowest BCUT2D eigenvalue weighted by Gasteiger charge is -2.08. The van der Waals surface area contributed by atoms with E-state index in [9.17, 15) is 5.11 Å². The molecule has 1 N–H and O–H groups in total. The molecule has 0 bridgehead atoms. The molecule has 0 aliphatic carbocycles. The van der Waals surface area contributed by atoms with Crippen molar-refractivity contribution in [3.63, 3.8) is 0 Å². The summed E-state index contributed by atoms with van der Waals surface area (Å²) in [6, 6.07) is 11.1. The Balaban J connectivity index is 2.53. The second-order valence-electron chi connectivity index (χ2n) is 3.87. The number of hydrogen-bond acceptors (Lipinski definition) is 2. The summed E-state index contributed by atoms with van der Waals surface area (Å²) >= 11 is 6.20. The third-order valence-corrected chi connectivity index (χ3v) is 2.93. The zero-order valence-electron chi connectivity index (χ0n) is 9.70. The lowest BCUT2D eigenvalue weighted by Crippen LogP contribution is -1.86. The topological polar surface area (TPSA) is 29.5 Å². The fourth-order valence-electron chi connectivity index (χ4n) is 1.70. The van der Waals surface area contributed by atoms with Gasteiger partial charge in [-0.05, 0) is 36.2 Å². The van der Waals surface area contributed by atoms with Gasteiger partial charge in [0, 0.05) is 10.6 Å². The van der Waals surface area contributed by atoms with Crippen molar-refractivity contribution in [2.75, 3.05) is 7.11 Å². The lowest BCUT2D eigenvalue weighted by atomic mass is 10.0. The highest BCUT2D eigenvalue weighted by Crippen LogP contribution is 2.34. The number of aromatic hydroxyl groups is 1. The number of phenols is 1. The fraction of sp³-hybridized carbons (Fsp3) is 0.143. The molecule has 0 saturated heterocycles. The number of phenolic OH excluding ortho intramolecular Hbond substituents is 1. The molecular formula is C14H13ClO2. The first-order chi connectivity index (χ1) is 8.11. The van der Waals surface area contributed by atoms with Gasteiger partial charge in [0.05, 0.1) is 7.11 Å². The average molecular weight is 249 g/mol. The summed E-state index contributed by atoms with van der Waals surface area (Å²) < 4.78 is 5.08. The Bertz CT molecular complexity index is 550. The minimum atomic E-state index is 0.125. The van der Waals surface area contributed by atoms with E-state index in [2.05, 4.69) is 0 Å². The molecule has 0 saturated carbocycles. The highest BCUT2D eigenvalue weighted by Gasteiger charge is 2.07. The van der Waals surface area contributed by atoms with Crippen molar-refractivity contribution in [3.8, 4) is 22.6 Å². The number of aryl methyl sites for hydroxylation is 1. The Labute approximate surface area is 105 Å². The van der Waals surface area contributed by atoms with Crippen LogP contribution in [0, 0.1) is 6.92 Å². The van der Waals surface area contributed by atoms with Crippen LogP contribution in [0.2, 0.25) is 5.02 Å². The molecule has 2 aromatic carbocycles. The van der Waals surface area contributed by atoms with E-state index in [0.29, 0.717) is 10.8 Å². The average Bonchev–Trinajstić information content (AvgIpc) is 2.30. The van der Waals surface area contributed by atoms with Crippen LogP contribution < -0.4 is 4.74 Å². The summed E-state index contributed by atoms with van der Waals surface area (Å²) in [6.07, 6.45) is 0. The van der Waals surface area contributed by atoms with Gasteiger partial charge in [-0.1, -0.05) is 29.8 Å². The van der Waals surface area contributed by atoms with Crippen molar-refractivity contribution in [1.29, 1.82) is 0 Å². The van der Waals surface area contributed by atoms with Crippen LogP contribution in [0.4, 0.5) is 0 Å². The van der Waals surface area contributed by atoms with E-state index in [1.807, 2.05) is 31.2 Å². The highest BCUT2D eigenvalue weighted by molar-refractivity contribution is 6.33. The summed E-state index contributed by atoms with van der Waals surface area (Å²) in [7, 11) is 1.52. The maximum absolute atomic E-state index is 9.54. The van der Waals surface area contributed by atoms with E-state index in [1.165, 1.54) is 7.11 Å². The van der Waals surface area contributed by atoms with Crippen LogP contribution in [-0.2, 0) is 0 Å².